The number of rotatable bonds is 4. The fourth-order valence-corrected chi connectivity index (χ4v) is 2.81. The molecule has 0 amide bonds. The van der Waals surface area contributed by atoms with Crippen LogP contribution in [0.15, 0.2) is 30.3 Å². The highest BCUT2D eigenvalue weighted by atomic mass is 16.7. The molecule has 2 rings (SSSR count). The summed E-state index contributed by atoms with van der Waals surface area (Å²) in [4.78, 5) is 0. The highest BCUT2D eigenvalue weighted by molar-refractivity contribution is 5.22. The smallest absolute Gasteiger partial charge is 0.187 e. The first kappa shape index (κ1) is 13.5. The maximum absolute atomic E-state index is 5.70. The van der Waals surface area contributed by atoms with Gasteiger partial charge in [0, 0.05) is 26.7 Å². The predicted molar refractivity (Wildman–Crippen MR) is 72.4 cm³/mol. The average Bonchev–Trinajstić information content (AvgIpc) is 2.47. The molecule has 1 aliphatic rings. The monoisotopic (exact) mass is 249 g/mol. The first-order valence-electron chi connectivity index (χ1n) is 6.67. The van der Waals surface area contributed by atoms with Crippen molar-refractivity contribution in [3.05, 3.63) is 35.9 Å². The van der Waals surface area contributed by atoms with Crippen LogP contribution in [0.5, 0.6) is 0 Å². The van der Waals surface area contributed by atoms with Gasteiger partial charge in [-0.2, -0.15) is 0 Å². The van der Waals surface area contributed by atoms with Crippen molar-refractivity contribution in [3.8, 4) is 0 Å². The lowest BCUT2D eigenvalue weighted by atomic mass is 9.86. The fraction of sp³-hybridized carbons (Fsp3) is 0.600. The van der Waals surface area contributed by atoms with Gasteiger partial charge in [-0.05, 0) is 18.4 Å². The zero-order valence-corrected chi connectivity index (χ0v) is 11.5. The van der Waals surface area contributed by atoms with Crippen molar-refractivity contribution in [1.82, 2.24) is 5.32 Å². The molecule has 18 heavy (non-hydrogen) atoms. The minimum Gasteiger partial charge on any atom is -0.351 e. The maximum Gasteiger partial charge on any atom is 0.187 e. The summed E-state index contributed by atoms with van der Waals surface area (Å²) in [7, 11) is 3.46. The SMILES string of the molecule is CC[C@@H]1CCC(OC)(OC)[C@@H](c2ccccc2)N1. The summed E-state index contributed by atoms with van der Waals surface area (Å²) in [5, 5.41) is 3.66. The largest absolute Gasteiger partial charge is 0.351 e. The second kappa shape index (κ2) is 5.83. The maximum atomic E-state index is 5.70. The Morgan fingerprint density at radius 2 is 1.89 bits per heavy atom. The minimum absolute atomic E-state index is 0.0902. The molecule has 0 radical (unpaired) electrons. The van der Waals surface area contributed by atoms with Crippen molar-refractivity contribution < 1.29 is 9.47 Å². The van der Waals surface area contributed by atoms with Crippen LogP contribution >= 0.6 is 0 Å². The van der Waals surface area contributed by atoms with Crippen LogP contribution in [0, 0.1) is 0 Å². The van der Waals surface area contributed by atoms with E-state index in [0.29, 0.717) is 6.04 Å². The normalized spacial score (nSPS) is 27.1. The van der Waals surface area contributed by atoms with Crippen LogP contribution in [0.3, 0.4) is 0 Å². The van der Waals surface area contributed by atoms with Gasteiger partial charge in [0.2, 0.25) is 0 Å². The van der Waals surface area contributed by atoms with Gasteiger partial charge < -0.3 is 14.8 Å². The zero-order chi connectivity index (χ0) is 13.0. The zero-order valence-electron chi connectivity index (χ0n) is 11.5. The molecule has 1 aliphatic heterocycles. The molecule has 2 atom stereocenters. The van der Waals surface area contributed by atoms with Gasteiger partial charge in [-0.25, -0.2) is 0 Å². The highest BCUT2D eigenvalue weighted by Crippen LogP contribution is 2.38. The predicted octanol–water partition coefficient (Wildman–Crippen LogP) is 2.88. The number of methoxy groups -OCH3 is 2. The summed E-state index contributed by atoms with van der Waals surface area (Å²) in [5.41, 5.74) is 1.22. The van der Waals surface area contributed by atoms with E-state index in [0.717, 1.165) is 19.3 Å². The Balaban J connectivity index is 2.30. The van der Waals surface area contributed by atoms with Crippen molar-refractivity contribution in [2.45, 2.75) is 44.1 Å². The van der Waals surface area contributed by atoms with Crippen LogP contribution < -0.4 is 5.32 Å². The Morgan fingerprint density at radius 1 is 1.22 bits per heavy atom. The van der Waals surface area contributed by atoms with E-state index in [9.17, 15) is 0 Å². The molecule has 3 heteroatoms. The molecular weight excluding hydrogens is 226 g/mol. The van der Waals surface area contributed by atoms with Gasteiger partial charge in [0.05, 0.1) is 6.04 Å². The molecule has 3 nitrogen and oxygen atoms in total. The Kier molecular flexibility index (Phi) is 4.38. The van der Waals surface area contributed by atoms with Gasteiger partial charge in [-0.15, -0.1) is 0 Å². The van der Waals surface area contributed by atoms with Crippen molar-refractivity contribution in [1.29, 1.82) is 0 Å². The van der Waals surface area contributed by atoms with E-state index in [1.165, 1.54) is 5.56 Å². The Bertz CT molecular complexity index is 362. The molecule has 1 saturated heterocycles. The van der Waals surface area contributed by atoms with Crippen LogP contribution in [-0.2, 0) is 9.47 Å². The number of hydrogen-bond donors (Lipinski definition) is 1. The Labute approximate surface area is 109 Å². The summed E-state index contributed by atoms with van der Waals surface area (Å²) >= 11 is 0. The third-order valence-corrected chi connectivity index (χ3v) is 4.00. The summed E-state index contributed by atoms with van der Waals surface area (Å²) in [6, 6.07) is 11.0. The molecule has 1 N–H and O–H groups in total. The lowest BCUT2D eigenvalue weighted by Gasteiger charge is -2.45. The third kappa shape index (κ3) is 2.44. The molecule has 1 aromatic carbocycles. The summed E-state index contributed by atoms with van der Waals surface area (Å²) < 4.78 is 11.4. The van der Waals surface area contributed by atoms with Crippen LogP contribution in [0.2, 0.25) is 0 Å². The molecule has 0 bridgehead atoms. The second-order valence-corrected chi connectivity index (χ2v) is 4.87. The summed E-state index contributed by atoms with van der Waals surface area (Å²) in [6.45, 7) is 2.21. The molecule has 0 aliphatic carbocycles. The lowest BCUT2D eigenvalue weighted by Crippen LogP contribution is -2.54. The van der Waals surface area contributed by atoms with Crippen LogP contribution in [0.4, 0.5) is 0 Å². The van der Waals surface area contributed by atoms with Crippen LogP contribution in [0.1, 0.15) is 37.8 Å². The Morgan fingerprint density at radius 3 is 2.44 bits per heavy atom. The molecule has 1 fully saturated rings. The fourth-order valence-electron chi connectivity index (χ4n) is 2.81. The molecule has 1 heterocycles. The topological polar surface area (TPSA) is 30.5 Å². The van der Waals surface area contributed by atoms with Crippen molar-refractivity contribution in [3.63, 3.8) is 0 Å². The van der Waals surface area contributed by atoms with E-state index >= 15 is 0 Å². The number of hydrogen-bond acceptors (Lipinski definition) is 3. The van der Waals surface area contributed by atoms with Crippen molar-refractivity contribution >= 4 is 0 Å². The van der Waals surface area contributed by atoms with Gasteiger partial charge in [-0.1, -0.05) is 37.3 Å². The minimum atomic E-state index is -0.549. The molecule has 1 aromatic rings. The van der Waals surface area contributed by atoms with E-state index in [2.05, 4.69) is 36.5 Å². The number of nitrogens with one attached hydrogen (secondary N) is 1. The van der Waals surface area contributed by atoms with Gasteiger partial charge in [0.15, 0.2) is 5.79 Å². The van der Waals surface area contributed by atoms with E-state index < -0.39 is 5.79 Å². The van der Waals surface area contributed by atoms with E-state index in [-0.39, 0.29) is 6.04 Å². The molecule has 100 valence electrons. The van der Waals surface area contributed by atoms with Crippen LogP contribution in [0.25, 0.3) is 0 Å². The first-order chi connectivity index (χ1) is 8.75. The molecule has 0 aromatic heterocycles. The molecule has 0 saturated carbocycles. The number of benzene rings is 1. The van der Waals surface area contributed by atoms with E-state index in [1.807, 2.05) is 6.07 Å². The standard InChI is InChI=1S/C15H23NO2/c1-4-13-10-11-15(17-2,18-3)14(16-13)12-8-6-5-7-9-12/h5-9,13-14,16H,4,10-11H2,1-3H3/t13-,14-/m1/s1. The van der Waals surface area contributed by atoms with Gasteiger partial charge in [-0.3, -0.25) is 0 Å². The summed E-state index contributed by atoms with van der Waals surface area (Å²) in [5.74, 6) is -0.549. The molecule has 0 spiro atoms. The quantitative estimate of drug-likeness (QED) is 0.832. The number of piperidine rings is 1. The Hall–Kier alpha value is -0.900. The number of ether oxygens (including phenoxy) is 2. The van der Waals surface area contributed by atoms with Gasteiger partial charge >= 0.3 is 0 Å². The van der Waals surface area contributed by atoms with Crippen molar-refractivity contribution in [2.24, 2.45) is 0 Å². The summed E-state index contributed by atoms with van der Waals surface area (Å²) in [6.07, 6.45) is 3.14. The molecule has 0 unspecified atom stereocenters. The second-order valence-electron chi connectivity index (χ2n) is 4.87. The third-order valence-electron chi connectivity index (χ3n) is 4.00. The molecular formula is C15H23NO2. The van der Waals surface area contributed by atoms with Gasteiger partial charge in [0.25, 0.3) is 0 Å². The van der Waals surface area contributed by atoms with Crippen LogP contribution in [-0.4, -0.2) is 26.0 Å². The van der Waals surface area contributed by atoms with E-state index in [4.69, 9.17) is 9.47 Å². The van der Waals surface area contributed by atoms with Gasteiger partial charge in [0.1, 0.15) is 0 Å². The lowest BCUT2D eigenvalue weighted by molar-refractivity contribution is -0.243. The van der Waals surface area contributed by atoms with Crippen molar-refractivity contribution in [2.75, 3.05) is 14.2 Å². The van der Waals surface area contributed by atoms with E-state index in [1.54, 1.807) is 14.2 Å². The first-order valence-corrected chi connectivity index (χ1v) is 6.67. The average molecular weight is 249 g/mol. The highest BCUT2D eigenvalue weighted by Gasteiger charge is 2.44.